The molecule has 0 aliphatic carbocycles. The maximum absolute atomic E-state index is 9.75. The van der Waals surface area contributed by atoms with Crippen molar-refractivity contribution in [3.8, 4) is 0 Å². The molecule has 1 radical (unpaired) electrons. The van der Waals surface area contributed by atoms with Crippen LogP contribution in [0.2, 0.25) is 0 Å². The van der Waals surface area contributed by atoms with Gasteiger partial charge in [0.05, 0.1) is 0 Å². The summed E-state index contributed by atoms with van der Waals surface area (Å²) in [4.78, 5) is 37.7. The smallest absolute Gasteiger partial charge is 0.471 e. The third-order valence-electron chi connectivity index (χ3n) is 0.569. The van der Waals surface area contributed by atoms with E-state index in [1.807, 2.05) is 0 Å². The van der Waals surface area contributed by atoms with Crippen LogP contribution in [0.25, 0.3) is 0 Å². The van der Waals surface area contributed by atoms with E-state index < -0.39 is 23.2 Å². The van der Waals surface area contributed by atoms with Crippen molar-refractivity contribution in [3.63, 3.8) is 0 Å². The van der Waals surface area contributed by atoms with Crippen molar-refractivity contribution in [2.24, 2.45) is 0 Å². The van der Waals surface area contributed by atoms with Gasteiger partial charge < -0.3 is 10.2 Å². The van der Waals surface area contributed by atoms with Gasteiger partial charge in [0.2, 0.25) is 0 Å². The molecule has 0 bridgehead atoms. The first-order chi connectivity index (χ1) is 5.95. The van der Waals surface area contributed by atoms with Crippen LogP contribution in [0.1, 0.15) is 0 Å². The largest absolute Gasteiger partial charge is 0.473 e. The first-order valence-electron chi connectivity index (χ1n) is 2.51. The van der Waals surface area contributed by atoms with Crippen molar-refractivity contribution >= 4 is 11.9 Å². The molecule has 0 saturated carbocycles. The molecule has 0 saturated heterocycles. The topological polar surface area (TPSA) is 148 Å². The predicted molar refractivity (Wildman–Crippen MR) is 31.1 cm³/mol. The monoisotopic (exact) mass is 253 g/mol. The molecule has 9 nitrogen and oxygen atoms in total. The first-order valence-corrected chi connectivity index (χ1v) is 2.51. The number of rotatable bonds is 0. The average Bonchev–Trinajstić information content (AvgIpc) is 2.37. The summed E-state index contributed by atoms with van der Waals surface area (Å²) in [5.74, 6) is -3.65. The fraction of sp³-hybridized carbons (Fsp3) is 0. The van der Waals surface area contributed by atoms with Crippen LogP contribution in [0.4, 0.5) is 0 Å². The molecule has 0 aliphatic rings. The molecule has 1 aromatic heterocycles. The fourth-order valence-corrected chi connectivity index (χ4v) is 0.147. The molecule has 0 spiro atoms. The summed E-state index contributed by atoms with van der Waals surface area (Å²) < 4.78 is 10.6. The van der Waals surface area contributed by atoms with Crippen molar-refractivity contribution in [1.82, 2.24) is 0 Å². The number of hydrogen-bond donors (Lipinski definition) is 2. The summed E-state index contributed by atoms with van der Waals surface area (Å²) in [6, 6.07) is 0. The Morgan fingerprint density at radius 1 is 0.929 bits per heavy atom. The molecule has 0 atom stereocenters. The van der Waals surface area contributed by atoms with Gasteiger partial charge in [-0.25, -0.2) is 19.2 Å². The number of carboxylic acids is 2. The Hall–Kier alpha value is -1.81. The Kier molecular flexibility index (Phi) is 7.01. The molecular formula is C4H2CoO9. The number of aliphatic carboxylic acids is 2. The molecule has 0 aliphatic heterocycles. The molecule has 0 unspecified atom stereocenters. The number of carboxylic acid groups (broad SMARTS) is 2. The molecule has 81 valence electrons. The van der Waals surface area contributed by atoms with Gasteiger partial charge in [-0.1, -0.05) is 4.74 Å². The summed E-state index contributed by atoms with van der Waals surface area (Å²) in [6.45, 7) is 0. The van der Waals surface area contributed by atoms with Crippen LogP contribution in [0.5, 0.6) is 0 Å². The first kappa shape index (κ1) is 14.7. The fourth-order valence-electron chi connectivity index (χ4n) is 0.147. The van der Waals surface area contributed by atoms with E-state index in [0.717, 1.165) is 0 Å². The molecule has 0 fully saturated rings. The minimum atomic E-state index is -1.82. The molecule has 1 aromatic rings. The molecule has 1 heterocycles. The van der Waals surface area contributed by atoms with E-state index in [9.17, 15) is 9.59 Å². The van der Waals surface area contributed by atoms with E-state index in [1.165, 1.54) is 0 Å². The minimum absolute atomic E-state index is 0. The van der Waals surface area contributed by atoms with Crippen LogP contribution in [-0.2, 0) is 26.4 Å². The van der Waals surface area contributed by atoms with E-state index >= 15 is 0 Å². The number of hydrogen-bond acceptors (Lipinski definition) is 7. The number of carbonyl (C=O) groups is 2. The normalized spacial score (nSPS) is 7.71. The van der Waals surface area contributed by atoms with Gasteiger partial charge in [0, 0.05) is 16.8 Å². The average molecular weight is 253 g/mol. The van der Waals surface area contributed by atoms with E-state index in [1.54, 1.807) is 0 Å². The Bertz CT molecular complexity index is 357. The quantitative estimate of drug-likeness (QED) is 0.409. The summed E-state index contributed by atoms with van der Waals surface area (Å²) in [6.07, 6.45) is 0. The maximum atomic E-state index is 9.75. The van der Waals surface area contributed by atoms with E-state index in [2.05, 4.69) is 13.9 Å². The van der Waals surface area contributed by atoms with E-state index in [4.69, 9.17) is 19.8 Å². The predicted octanol–water partition coefficient (Wildman–Crippen LogP) is -1.66. The molecule has 10 heteroatoms. The van der Waals surface area contributed by atoms with E-state index in [0.29, 0.717) is 0 Å². The van der Waals surface area contributed by atoms with Gasteiger partial charge in [-0.3, -0.25) is 0 Å². The molecule has 1 rings (SSSR count). The van der Waals surface area contributed by atoms with Crippen molar-refractivity contribution in [1.29, 1.82) is 0 Å². The molecular weight excluding hydrogens is 251 g/mol. The van der Waals surface area contributed by atoms with Crippen LogP contribution in [0, 0.1) is 0 Å². The van der Waals surface area contributed by atoms with Crippen LogP contribution >= 0.6 is 0 Å². The third kappa shape index (κ3) is 5.79. The van der Waals surface area contributed by atoms with E-state index in [-0.39, 0.29) is 16.8 Å². The van der Waals surface area contributed by atoms with Crippen LogP contribution < -0.4 is 11.3 Å². The Labute approximate surface area is 84.0 Å². The molecule has 0 amide bonds. The van der Waals surface area contributed by atoms with Gasteiger partial charge in [0.15, 0.2) is 0 Å². The molecule has 0 aromatic carbocycles. The molecule has 14 heavy (non-hydrogen) atoms. The van der Waals surface area contributed by atoms with Gasteiger partial charge in [-0.05, 0) is 0 Å². The second kappa shape index (κ2) is 6.68. The van der Waals surface area contributed by atoms with Crippen LogP contribution in [0.3, 0.4) is 0 Å². The van der Waals surface area contributed by atoms with Crippen molar-refractivity contribution in [3.05, 3.63) is 20.8 Å². The van der Waals surface area contributed by atoms with Gasteiger partial charge in [-0.2, -0.15) is 9.15 Å². The second-order valence-corrected chi connectivity index (χ2v) is 1.42. The van der Waals surface area contributed by atoms with Crippen molar-refractivity contribution < 1.29 is 50.5 Å². The zero-order valence-electron chi connectivity index (χ0n) is 6.09. The second-order valence-electron chi connectivity index (χ2n) is 1.42. The van der Waals surface area contributed by atoms with Gasteiger partial charge in [0.1, 0.15) is 0 Å². The maximum Gasteiger partial charge on any atom is 0.471 e. The van der Waals surface area contributed by atoms with Crippen LogP contribution in [-0.4, -0.2) is 22.2 Å². The minimum Gasteiger partial charge on any atom is -0.473 e. The van der Waals surface area contributed by atoms with Gasteiger partial charge >= 0.3 is 23.2 Å². The standard InChI is InChI=1S/C2O5.C2H2O4.Co/c3-1-2(4)6-7-5-1;3-1(4)2(5)6;/h;(H,3,4)(H,5,6);. The van der Waals surface area contributed by atoms with Gasteiger partial charge in [-0.15, -0.1) is 0 Å². The zero-order chi connectivity index (χ0) is 10.4. The summed E-state index contributed by atoms with van der Waals surface area (Å²) in [5.41, 5.74) is -2.25. The summed E-state index contributed by atoms with van der Waals surface area (Å²) in [5, 5.41) is 14.8. The Morgan fingerprint density at radius 3 is 1.29 bits per heavy atom. The summed E-state index contributed by atoms with van der Waals surface area (Å²) in [7, 11) is 0. The summed E-state index contributed by atoms with van der Waals surface area (Å²) >= 11 is 0. The van der Waals surface area contributed by atoms with Crippen LogP contribution in [0.15, 0.2) is 23.5 Å². The molecule has 2 N–H and O–H groups in total. The third-order valence-corrected chi connectivity index (χ3v) is 0.569. The van der Waals surface area contributed by atoms with Crippen molar-refractivity contribution in [2.45, 2.75) is 0 Å². The Balaban J connectivity index is 0. The SMILES string of the molecule is O=C(O)C(=O)O.O=c1oooc1=O.[Co]. The van der Waals surface area contributed by atoms with Crippen molar-refractivity contribution in [2.75, 3.05) is 0 Å². The van der Waals surface area contributed by atoms with Gasteiger partial charge in [0.25, 0.3) is 0 Å². The zero-order valence-corrected chi connectivity index (χ0v) is 7.13. The Morgan fingerprint density at radius 2 is 1.21 bits per heavy atom.